The zero-order valence-corrected chi connectivity index (χ0v) is 18.5. The van der Waals surface area contributed by atoms with Crippen molar-refractivity contribution in [3.05, 3.63) is 62.6 Å². The minimum absolute atomic E-state index is 0.274. The van der Waals surface area contributed by atoms with Gasteiger partial charge >= 0.3 is 5.97 Å². The predicted octanol–water partition coefficient (Wildman–Crippen LogP) is 5.28. The molecule has 0 radical (unpaired) electrons. The number of benzene rings is 1. The maximum Gasteiger partial charge on any atom is 0.337 e. The van der Waals surface area contributed by atoms with Crippen LogP contribution in [0.3, 0.4) is 0 Å². The number of halogens is 2. The van der Waals surface area contributed by atoms with Crippen molar-refractivity contribution >= 4 is 34.7 Å². The summed E-state index contributed by atoms with van der Waals surface area (Å²) < 4.78 is 11.4. The third-order valence-corrected chi connectivity index (χ3v) is 5.45. The minimum Gasteiger partial charge on any atom is -0.460 e. The summed E-state index contributed by atoms with van der Waals surface area (Å²) in [5, 5.41) is 12.3. The van der Waals surface area contributed by atoms with Gasteiger partial charge in [-0.05, 0) is 39.3 Å². The molecule has 6 nitrogen and oxygen atoms in total. The van der Waals surface area contributed by atoms with Gasteiger partial charge in [-0.3, -0.25) is 0 Å². The number of nitrogens with zero attached hydrogens (tertiary/aromatic N) is 2. The van der Waals surface area contributed by atoms with Crippen molar-refractivity contribution in [2.75, 3.05) is 0 Å². The molecule has 29 heavy (non-hydrogen) atoms. The number of ether oxygens (including phenoxy) is 1. The molecule has 1 aromatic carbocycles. The Kier molecular flexibility index (Phi) is 6.34. The van der Waals surface area contributed by atoms with Gasteiger partial charge in [-0.25, -0.2) is 4.79 Å². The van der Waals surface area contributed by atoms with Crippen LogP contribution in [0, 0.1) is 0 Å². The van der Waals surface area contributed by atoms with Crippen molar-refractivity contribution < 1.29 is 13.9 Å². The molecule has 154 valence electrons. The van der Waals surface area contributed by atoms with Crippen molar-refractivity contribution in [2.45, 2.75) is 53.1 Å². The Bertz CT molecular complexity index is 1010. The minimum atomic E-state index is -0.571. The monoisotopic (exact) mass is 435 g/mol. The fourth-order valence-electron chi connectivity index (χ4n) is 3.39. The summed E-state index contributed by atoms with van der Waals surface area (Å²) in [6, 6.07) is 5.34. The summed E-state index contributed by atoms with van der Waals surface area (Å²) >= 11 is 12.9. The molecule has 0 spiro atoms. The zero-order chi connectivity index (χ0) is 21.3. The van der Waals surface area contributed by atoms with Crippen molar-refractivity contribution in [3.8, 4) is 0 Å². The summed E-state index contributed by atoms with van der Waals surface area (Å²) in [6.45, 7) is 9.26. The van der Waals surface area contributed by atoms with Crippen LogP contribution in [0.1, 0.15) is 57.9 Å². The van der Waals surface area contributed by atoms with Gasteiger partial charge in [-0.2, -0.15) is 0 Å². The van der Waals surface area contributed by atoms with Crippen LogP contribution in [0.2, 0.25) is 10.0 Å². The van der Waals surface area contributed by atoms with E-state index in [4.69, 9.17) is 32.4 Å². The summed E-state index contributed by atoms with van der Waals surface area (Å²) in [6.07, 6.45) is 0.329. The summed E-state index contributed by atoms with van der Waals surface area (Å²) in [7, 11) is 0. The van der Waals surface area contributed by atoms with Crippen LogP contribution >= 0.6 is 23.2 Å². The van der Waals surface area contributed by atoms with E-state index >= 15 is 0 Å². The van der Waals surface area contributed by atoms with Crippen LogP contribution in [0.15, 0.2) is 39.6 Å². The lowest BCUT2D eigenvalue weighted by Gasteiger charge is -2.31. The molecule has 0 amide bonds. The number of rotatable bonds is 5. The van der Waals surface area contributed by atoms with Crippen LogP contribution in [-0.4, -0.2) is 22.3 Å². The second-order valence-electron chi connectivity index (χ2n) is 7.09. The van der Waals surface area contributed by atoms with Gasteiger partial charge in [0.1, 0.15) is 0 Å². The Morgan fingerprint density at radius 2 is 1.97 bits per heavy atom. The van der Waals surface area contributed by atoms with Gasteiger partial charge in [0.05, 0.1) is 27.6 Å². The number of aryl methyl sites for hydroxylation is 1. The average Bonchev–Trinajstić information content (AvgIpc) is 3.11. The molecule has 1 unspecified atom stereocenters. The number of hydrogen-bond donors (Lipinski definition) is 1. The number of allylic oxidation sites excluding steroid dienone is 3. The highest BCUT2D eigenvalue weighted by atomic mass is 35.5. The molecule has 0 fully saturated rings. The van der Waals surface area contributed by atoms with Gasteiger partial charge in [-0.1, -0.05) is 42.3 Å². The first kappa shape index (κ1) is 21.4. The average molecular weight is 436 g/mol. The van der Waals surface area contributed by atoms with E-state index < -0.39 is 11.9 Å². The van der Waals surface area contributed by atoms with Crippen molar-refractivity contribution in [3.63, 3.8) is 0 Å². The number of carbonyl (C=O) groups excluding carboxylic acids is 1. The molecule has 1 aliphatic rings. The van der Waals surface area contributed by atoms with E-state index in [1.807, 2.05) is 26.8 Å². The first-order chi connectivity index (χ1) is 13.7. The van der Waals surface area contributed by atoms with E-state index in [-0.39, 0.29) is 6.10 Å². The van der Waals surface area contributed by atoms with Crippen LogP contribution in [0.5, 0.6) is 0 Å². The Balaban J connectivity index is 2.24. The molecule has 0 saturated heterocycles. The van der Waals surface area contributed by atoms with E-state index in [2.05, 4.69) is 15.5 Å². The second kappa shape index (κ2) is 8.59. The van der Waals surface area contributed by atoms with Crippen LogP contribution < -0.4 is 5.32 Å². The smallest absolute Gasteiger partial charge is 0.337 e. The van der Waals surface area contributed by atoms with E-state index in [0.29, 0.717) is 50.7 Å². The molecule has 3 rings (SSSR count). The fraction of sp³-hybridized carbons (Fsp3) is 0.381. The van der Waals surface area contributed by atoms with Gasteiger partial charge in [0.2, 0.25) is 11.8 Å². The quantitative estimate of drug-likeness (QED) is 0.643. The molecule has 1 aromatic heterocycles. The Labute approximate surface area is 179 Å². The van der Waals surface area contributed by atoms with Crippen molar-refractivity contribution in [2.24, 2.45) is 0 Å². The molecule has 0 saturated carbocycles. The molecule has 2 heterocycles. The zero-order valence-electron chi connectivity index (χ0n) is 17.0. The topological polar surface area (TPSA) is 77.2 Å². The number of esters is 1. The molecule has 0 bridgehead atoms. The second-order valence-corrected chi connectivity index (χ2v) is 7.87. The highest BCUT2D eigenvalue weighted by Gasteiger charge is 2.38. The molecule has 8 heteroatoms. The third kappa shape index (κ3) is 4.19. The van der Waals surface area contributed by atoms with Gasteiger partial charge in [0.15, 0.2) is 0 Å². The molecule has 0 aliphatic carbocycles. The number of carbonyl (C=O) groups is 1. The van der Waals surface area contributed by atoms with Crippen LogP contribution in [0.4, 0.5) is 0 Å². The fourth-order valence-corrected chi connectivity index (χ4v) is 3.80. The number of aromatic nitrogens is 2. The predicted molar refractivity (Wildman–Crippen MR) is 113 cm³/mol. The van der Waals surface area contributed by atoms with E-state index in [1.54, 1.807) is 26.0 Å². The molecule has 1 aliphatic heterocycles. The standard InChI is InChI=1S/C21H23Cl2N3O3/c1-6-15-25-26-20(29-15)16-11(4)24-12(5)17(21(27)28-10(2)3)18(16)13-8-7-9-14(22)19(13)23/h7-10,18,24H,6H2,1-5H3. The molecule has 2 aromatic rings. The molecular formula is C21H23Cl2N3O3. The SMILES string of the molecule is CCc1nnc(C2=C(C)NC(C)=C(C(=O)OC(C)C)C2c2cccc(Cl)c2Cl)o1. The van der Waals surface area contributed by atoms with Crippen molar-refractivity contribution in [1.82, 2.24) is 15.5 Å². The summed E-state index contributed by atoms with van der Waals surface area (Å²) in [5.41, 5.74) is 3.23. The molecular weight excluding hydrogens is 413 g/mol. The van der Waals surface area contributed by atoms with E-state index in [0.717, 1.165) is 5.70 Å². The highest BCUT2D eigenvalue weighted by molar-refractivity contribution is 6.42. The van der Waals surface area contributed by atoms with E-state index in [1.165, 1.54) is 0 Å². The Morgan fingerprint density at radius 3 is 2.59 bits per heavy atom. The number of dihydropyridines is 1. The first-order valence-electron chi connectivity index (χ1n) is 9.40. The van der Waals surface area contributed by atoms with Crippen molar-refractivity contribution in [1.29, 1.82) is 0 Å². The number of hydrogen-bond acceptors (Lipinski definition) is 6. The Morgan fingerprint density at radius 1 is 1.24 bits per heavy atom. The lowest BCUT2D eigenvalue weighted by molar-refractivity contribution is -0.142. The normalized spacial score (nSPS) is 17.0. The Hall–Kier alpha value is -2.31. The molecule has 1 atom stereocenters. The third-order valence-electron chi connectivity index (χ3n) is 4.62. The largest absolute Gasteiger partial charge is 0.460 e. The van der Waals surface area contributed by atoms with Gasteiger partial charge < -0.3 is 14.5 Å². The van der Waals surface area contributed by atoms with E-state index in [9.17, 15) is 4.79 Å². The highest BCUT2D eigenvalue weighted by Crippen LogP contribution is 2.46. The van der Waals surface area contributed by atoms with Gasteiger partial charge in [0, 0.05) is 23.4 Å². The summed E-state index contributed by atoms with van der Waals surface area (Å²) in [5.74, 6) is -0.172. The van der Waals surface area contributed by atoms with Crippen LogP contribution in [-0.2, 0) is 16.0 Å². The summed E-state index contributed by atoms with van der Waals surface area (Å²) in [4.78, 5) is 13.1. The van der Waals surface area contributed by atoms with Gasteiger partial charge in [0.25, 0.3) is 0 Å². The first-order valence-corrected chi connectivity index (χ1v) is 10.2. The van der Waals surface area contributed by atoms with Crippen LogP contribution in [0.25, 0.3) is 5.57 Å². The maximum absolute atomic E-state index is 13.1. The lowest BCUT2D eigenvalue weighted by atomic mass is 9.80. The maximum atomic E-state index is 13.1. The van der Waals surface area contributed by atoms with Gasteiger partial charge in [-0.15, -0.1) is 10.2 Å². The lowest BCUT2D eigenvalue weighted by Crippen LogP contribution is -2.29. The number of nitrogens with one attached hydrogen (secondary N) is 1. The molecule has 1 N–H and O–H groups in total.